The van der Waals surface area contributed by atoms with Crippen molar-refractivity contribution in [3.63, 3.8) is 0 Å². The quantitative estimate of drug-likeness (QED) is 0.888. The fraction of sp³-hybridized carbons (Fsp3) is 0.294. The van der Waals surface area contributed by atoms with Gasteiger partial charge in [-0.2, -0.15) is 0 Å². The number of aliphatic hydroxyl groups excluding tert-OH is 1. The van der Waals surface area contributed by atoms with Crippen molar-refractivity contribution < 1.29 is 5.11 Å². The summed E-state index contributed by atoms with van der Waals surface area (Å²) in [6, 6.07) is 20.4. The summed E-state index contributed by atoms with van der Waals surface area (Å²) in [6.45, 7) is 0.647. The lowest BCUT2D eigenvalue weighted by Gasteiger charge is -2.26. The lowest BCUT2D eigenvalue weighted by Crippen LogP contribution is -2.31. The summed E-state index contributed by atoms with van der Waals surface area (Å²) in [7, 11) is 3.96. The molecular formula is C17H21NO. The van der Waals surface area contributed by atoms with Crippen molar-refractivity contribution in [2.45, 2.75) is 12.0 Å². The highest BCUT2D eigenvalue weighted by Crippen LogP contribution is 2.28. The molecule has 19 heavy (non-hydrogen) atoms. The van der Waals surface area contributed by atoms with Gasteiger partial charge >= 0.3 is 0 Å². The van der Waals surface area contributed by atoms with Crippen LogP contribution in [0, 0.1) is 0 Å². The van der Waals surface area contributed by atoms with E-state index in [0.29, 0.717) is 6.54 Å². The molecule has 0 saturated carbocycles. The molecule has 0 saturated heterocycles. The Morgan fingerprint density at radius 1 is 0.842 bits per heavy atom. The van der Waals surface area contributed by atoms with Gasteiger partial charge in [-0.15, -0.1) is 0 Å². The number of hydrogen-bond donors (Lipinski definition) is 1. The van der Waals surface area contributed by atoms with Gasteiger partial charge in [-0.1, -0.05) is 60.7 Å². The van der Waals surface area contributed by atoms with Gasteiger partial charge in [0.1, 0.15) is 0 Å². The monoisotopic (exact) mass is 255 g/mol. The highest BCUT2D eigenvalue weighted by Gasteiger charge is 2.23. The van der Waals surface area contributed by atoms with E-state index < -0.39 is 6.10 Å². The number of rotatable bonds is 5. The van der Waals surface area contributed by atoms with Gasteiger partial charge in [-0.3, -0.25) is 0 Å². The third-order valence-electron chi connectivity index (χ3n) is 3.25. The van der Waals surface area contributed by atoms with Gasteiger partial charge in [0.2, 0.25) is 0 Å². The maximum absolute atomic E-state index is 10.5. The summed E-state index contributed by atoms with van der Waals surface area (Å²) in [4.78, 5) is 2.02. The third-order valence-corrected chi connectivity index (χ3v) is 3.25. The van der Waals surface area contributed by atoms with Crippen LogP contribution in [0.4, 0.5) is 0 Å². The summed E-state index contributed by atoms with van der Waals surface area (Å²) in [5.74, 6) is 0.0183. The Kier molecular flexibility index (Phi) is 4.72. The van der Waals surface area contributed by atoms with Crippen LogP contribution in [0.15, 0.2) is 60.7 Å². The predicted molar refractivity (Wildman–Crippen MR) is 79.3 cm³/mol. The topological polar surface area (TPSA) is 23.5 Å². The van der Waals surface area contributed by atoms with E-state index in [1.807, 2.05) is 55.4 Å². The molecule has 1 atom stereocenters. The van der Waals surface area contributed by atoms with Gasteiger partial charge in [-0.25, -0.2) is 0 Å². The summed E-state index contributed by atoms with van der Waals surface area (Å²) < 4.78 is 0. The molecule has 0 aliphatic heterocycles. The summed E-state index contributed by atoms with van der Waals surface area (Å²) in [5.41, 5.74) is 2.31. The molecular weight excluding hydrogens is 234 g/mol. The summed E-state index contributed by atoms with van der Waals surface area (Å²) in [5, 5.41) is 10.5. The van der Waals surface area contributed by atoms with Gasteiger partial charge in [-0.05, 0) is 25.2 Å². The molecule has 2 aromatic rings. The van der Waals surface area contributed by atoms with Crippen LogP contribution >= 0.6 is 0 Å². The Labute approximate surface area is 115 Å². The van der Waals surface area contributed by atoms with Crippen LogP contribution in [-0.4, -0.2) is 36.8 Å². The van der Waals surface area contributed by atoms with E-state index in [-0.39, 0.29) is 5.92 Å². The first-order valence-corrected chi connectivity index (χ1v) is 6.61. The number of likely N-dealkylation sites (N-methyl/N-ethyl adjacent to an activating group) is 1. The van der Waals surface area contributed by atoms with E-state index in [1.165, 1.54) is 0 Å². The zero-order valence-corrected chi connectivity index (χ0v) is 11.5. The highest BCUT2D eigenvalue weighted by atomic mass is 16.3. The minimum absolute atomic E-state index is 0.0183. The van der Waals surface area contributed by atoms with Crippen LogP contribution < -0.4 is 0 Å². The normalized spacial score (nSPS) is 12.9. The number of hydrogen-bond acceptors (Lipinski definition) is 2. The second-order valence-corrected chi connectivity index (χ2v) is 5.13. The number of aliphatic hydroxyl groups is 1. The minimum Gasteiger partial charge on any atom is -0.391 e. The first-order valence-electron chi connectivity index (χ1n) is 6.61. The second-order valence-electron chi connectivity index (χ2n) is 5.13. The molecule has 0 unspecified atom stereocenters. The lowest BCUT2D eigenvalue weighted by atomic mass is 9.86. The SMILES string of the molecule is CN(C)C[C@H](O)C(c1ccccc1)c1ccccc1. The number of nitrogens with zero attached hydrogens (tertiary/aromatic N) is 1. The van der Waals surface area contributed by atoms with Crippen LogP contribution in [0.25, 0.3) is 0 Å². The molecule has 0 spiro atoms. The molecule has 2 rings (SSSR count). The molecule has 0 bridgehead atoms. The fourth-order valence-electron chi connectivity index (χ4n) is 2.44. The van der Waals surface area contributed by atoms with Crippen LogP contribution in [0.2, 0.25) is 0 Å². The maximum Gasteiger partial charge on any atom is 0.0775 e. The van der Waals surface area contributed by atoms with Crippen LogP contribution in [-0.2, 0) is 0 Å². The van der Waals surface area contributed by atoms with E-state index in [2.05, 4.69) is 24.3 Å². The maximum atomic E-state index is 10.5. The molecule has 2 aromatic carbocycles. The first-order chi connectivity index (χ1) is 9.18. The Morgan fingerprint density at radius 3 is 1.63 bits per heavy atom. The summed E-state index contributed by atoms with van der Waals surface area (Å²) >= 11 is 0. The minimum atomic E-state index is -0.417. The van der Waals surface area contributed by atoms with Crippen LogP contribution in [0.5, 0.6) is 0 Å². The summed E-state index contributed by atoms with van der Waals surface area (Å²) in [6.07, 6.45) is -0.417. The third kappa shape index (κ3) is 3.66. The van der Waals surface area contributed by atoms with Gasteiger partial charge < -0.3 is 10.0 Å². The Balaban J connectivity index is 2.34. The van der Waals surface area contributed by atoms with Crippen molar-refractivity contribution in [2.24, 2.45) is 0 Å². The Hall–Kier alpha value is -1.64. The van der Waals surface area contributed by atoms with Crippen molar-refractivity contribution in [2.75, 3.05) is 20.6 Å². The smallest absolute Gasteiger partial charge is 0.0775 e. The first kappa shape index (κ1) is 13.8. The van der Waals surface area contributed by atoms with E-state index in [0.717, 1.165) is 11.1 Å². The molecule has 1 N–H and O–H groups in total. The molecule has 0 amide bonds. The molecule has 0 heterocycles. The Morgan fingerprint density at radius 2 is 1.26 bits per heavy atom. The van der Waals surface area contributed by atoms with E-state index in [4.69, 9.17) is 0 Å². The van der Waals surface area contributed by atoms with Crippen molar-refractivity contribution in [1.82, 2.24) is 4.90 Å². The molecule has 2 nitrogen and oxygen atoms in total. The second kappa shape index (κ2) is 6.50. The molecule has 0 fully saturated rings. The molecule has 0 aromatic heterocycles. The lowest BCUT2D eigenvalue weighted by molar-refractivity contribution is 0.121. The van der Waals surface area contributed by atoms with Gasteiger partial charge in [0.05, 0.1) is 6.10 Å². The van der Waals surface area contributed by atoms with Crippen molar-refractivity contribution >= 4 is 0 Å². The van der Waals surface area contributed by atoms with Crippen molar-refractivity contribution in [3.8, 4) is 0 Å². The molecule has 100 valence electrons. The van der Waals surface area contributed by atoms with E-state index in [1.54, 1.807) is 0 Å². The van der Waals surface area contributed by atoms with E-state index in [9.17, 15) is 5.11 Å². The van der Waals surface area contributed by atoms with E-state index >= 15 is 0 Å². The average molecular weight is 255 g/mol. The van der Waals surface area contributed by atoms with Crippen LogP contribution in [0.3, 0.4) is 0 Å². The number of benzene rings is 2. The fourth-order valence-corrected chi connectivity index (χ4v) is 2.44. The standard InChI is InChI=1S/C17H21NO/c1-18(2)13-16(19)17(14-9-5-3-6-10-14)15-11-7-4-8-12-15/h3-12,16-17,19H,13H2,1-2H3/t16-/m0/s1. The van der Waals surface area contributed by atoms with Gasteiger partial charge in [0.15, 0.2) is 0 Å². The van der Waals surface area contributed by atoms with Crippen molar-refractivity contribution in [1.29, 1.82) is 0 Å². The zero-order valence-electron chi connectivity index (χ0n) is 11.5. The molecule has 0 aliphatic carbocycles. The van der Waals surface area contributed by atoms with Gasteiger partial charge in [0.25, 0.3) is 0 Å². The molecule has 0 aliphatic rings. The predicted octanol–water partition coefficient (Wildman–Crippen LogP) is 2.74. The largest absolute Gasteiger partial charge is 0.391 e. The molecule has 0 radical (unpaired) electrons. The highest BCUT2D eigenvalue weighted by molar-refractivity contribution is 5.33. The van der Waals surface area contributed by atoms with Gasteiger partial charge in [0, 0.05) is 12.5 Å². The zero-order chi connectivity index (χ0) is 13.7. The average Bonchev–Trinajstić information content (AvgIpc) is 2.40. The van der Waals surface area contributed by atoms with Crippen LogP contribution in [0.1, 0.15) is 17.0 Å². The molecule has 2 heteroatoms. The van der Waals surface area contributed by atoms with Crippen molar-refractivity contribution in [3.05, 3.63) is 71.8 Å². The Bertz CT molecular complexity index is 442.